The zero-order valence-corrected chi connectivity index (χ0v) is 13.6. The molecule has 1 aromatic rings. The summed E-state index contributed by atoms with van der Waals surface area (Å²) in [6.07, 6.45) is 0.280. The molecule has 7 heteroatoms. The number of nitrogens with zero attached hydrogens (tertiary/aromatic N) is 1. The van der Waals surface area contributed by atoms with Crippen LogP contribution < -0.4 is 9.62 Å². The normalized spacial score (nSPS) is 11.5. The summed E-state index contributed by atoms with van der Waals surface area (Å²) in [6.45, 7) is 4.04. The van der Waals surface area contributed by atoms with Gasteiger partial charge in [-0.3, -0.25) is 4.79 Å². The largest absolute Gasteiger partial charge is 0.469 e. The molecule has 0 amide bonds. The van der Waals surface area contributed by atoms with Crippen LogP contribution in [-0.2, 0) is 19.6 Å². The number of hydrogen-bond acceptors (Lipinski definition) is 5. The average molecular weight is 314 g/mol. The smallest absolute Gasteiger partial charge is 0.307 e. The molecule has 0 aliphatic carbocycles. The van der Waals surface area contributed by atoms with Gasteiger partial charge in [-0.1, -0.05) is 0 Å². The quantitative estimate of drug-likeness (QED) is 0.769. The van der Waals surface area contributed by atoms with Gasteiger partial charge in [0.15, 0.2) is 0 Å². The summed E-state index contributed by atoms with van der Waals surface area (Å²) in [5.41, 5.74) is 0.836. The zero-order valence-electron chi connectivity index (χ0n) is 12.8. The molecule has 0 atom stereocenters. The van der Waals surface area contributed by atoms with Crippen molar-refractivity contribution in [2.45, 2.75) is 31.2 Å². The zero-order chi connectivity index (χ0) is 16.0. The molecule has 1 rings (SSSR count). The molecule has 118 valence electrons. The molecule has 1 aromatic carbocycles. The maximum atomic E-state index is 12.0. The number of rotatable bonds is 7. The van der Waals surface area contributed by atoms with E-state index in [2.05, 4.69) is 9.46 Å². The maximum Gasteiger partial charge on any atom is 0.307 e. The van der Waals surface area contributed by atoms with E-state index in [1.54, 1.807) is 38.1 Å². The van der Waals surface area contributed by atoms with E-state index in [4.69, 9.17) is 0 Å². The molecule has 0 bridgehead atoms. The van der Waals surface area contributed by atoms with Crippen molar-refractivity contribution in [1.82, 2.24) is 4.72 Å². The molecule has 0 spiro atoms. The van der Waals surface area contributed by atoms with Gasteiger partial charge in [0.1, 0.15) is 0 Å². The number of anilines is 1. The Morgan fingerprint density at radius 3 is 2.33 bits per heavy atom. The van der Waals surface area contributed by atoms with Crippen LogP contribution in [0.5, 0.6) is 0 Å². The first-order valence-electron chi connectivity index (χ1n) is 6.66. The van der Waals surface area contributed by atoms with Gasteiger partial charge >= 0.3 is 5.97 Å². The highest BCUT2D eigenvalue weighted by Crippen LogP contribution is 2.17. The number of ether oxygens (including phenoxy) is 1. The van der Waals surface area contributed by atoms with Crippen LogP contribution in [0, 0.1) is 0 Å². The number of benzene rings is 1. The molecule has 0 unspecified atom stereocenters. The molecule has 0 heterocycles. The van der Waals surface area contributed by atoms with Crippen molar-refractivity contribution in [3.8, 4) is 0 Å². The van der Waals surface area contributed by atoms with E-state index in [1.807, 2.05) is 11.9 Å². The van der Waals surface area contributed by atoms with Gasteiger partial charge in [-0.2, -0.15) is 0 Å². The second-order valence-electron chi connectivity index (χ2n) is 5.02. The Morgan fingerprint density at radius 1 is 1.29 bits per heavy atom. The summed E-state index contributed by atoms with van der Waals surface area (Å²) >= 11 is 0. The number of methoxy groups -OCH3 is 1. The number of sulfonamides is 1. The summed E-state index contributed by atoms with van der Waals surface area (Å²) in [4.78, 5) is 13.2. The third-order valence-corrected chi connectivity index (χ3v) is 4.53. The van der Waals surface area contributed by atoms with Crippen molar-refractivity contribution in [2.75, 3.05) is 25.6 Å². The van der Waals surface area contributed by atoms with E-state index < -0.39 is 10.0 Å². The van der Waals surface area contributed by atoms with Gasteiger partial charge in [-0.05, 0) is 38.1 Å². The third kappa shape index (κ3) is 5.35. The first kappa shape index (κ1) is 17.5. The molecule has 1 N–H and O–H groups in total. The van der Waals surface area contributed by atoms with Gasteiger partial charge in [0.25, 0.3) is 0 Å². The molecule has 0 fully saturated rings. The maximum absolute atomic E-state index is 12.0. The fraction of sp³-hybridized carbons (Fsp3) is 0.500. The first-order chi connectivity index (χ1) is 9.76. The Kier molecular flexibility index (Phi) is 6.17. The summed E-state index contributed by atoms with van der Waals surface area (Å²) in [6, 6.07) is 6.37. The summed E-state index contributed by atoms with van der Waals surface area (Å²) in [7, 11) is -0.291. The standard InChI is InChI=1S/C14H22N2O4S/c1-11(2)15-21(18,19)13-7-5-12(6-8-13)16(3)10-9-14(17)20-4/h5-8,11,15H,9-10H2,1-4H3. The minimum atomic E-state index is -3.47. The average Bonchev–Trinajstić information content (AvgIpc) is 2.43. The number of carbonyl (C=O) groups is 1. The Labute approximate surface area is 126 Å². The van der Waals surface area contributed by atoms with Crippen LogP contribution in [-0.4, -0.2) is 41.1 Å². The van der Waals surface area contributed by atoms with Crippen LogP contribution in [0.4, 0.5) is 5.69 Å². The van der Waals surface area contributed by atoms with Crippen molar-refractivity contribution in [2.24, 2.45) is 0 Å². The predicted molar refractivity (Wildman–Crippen MR) is 81.8 cm³/mol. The molecule has 21 heavy (non-hydrogen) atoms. The lowest BCUT2D eigenvalue weighted by molar-refractivity contribution is -0.140. The van der Waals surface area contributed by atoms with Crippen LogP contribution in [0.2, 0.25) is 0 Å². The van der Waals surface area contributed by atoms with E-state index in [0.29, 0.717) is 6.54 Å². The molecule has 0 saturated carbocycles. The van der Waals surface area contributed by atoms with Crippen LogP contribution in [0.1, 0.15) is 20.3 Å². The number of esters is 1. The van der Waals surface area contributed by atoms with Crippen molar-refractivity contribution in [3.63, 3.8) is 0 Å². The highest BCUT2D eigenvalue weighted by molar-refractivity contribution is 7.89. The Balaban J connectivity index is 2.76. The van der Waals surface area contributed by atoms with Crippen LogP contribution >= 0.6 is 0 Å². The molecule has 6 nitrogen and oxygen atoms in total. The fourth-order valence-corrected chi connectivity index (χ4v) is 3.00. The van der Waals surface area contributed by atoms with Crippen molar-refractivity contribution in [1.29, 1.82) is 0 Å². The first-order valence-corrected chi connectivity index (χ1v) is 8.15. The monoisotopic (exact) mass is 314 g/mol. The third-order valence-electron chi connectivity index (χ3n) is 2.86. The minimum absolute atomic E-state index is 0.155. The summed E-state index contributed by atoms with van der Waals surface area (Å²) < 4.78 is 31.1. The molecule has 0 saturated heterocycles. The van der Waals surface area contributed by atoms with Crippen LogP contribution in [0.3, 0.4) is 0 Å². The van der Waals surface area contributed by atoms with E-state index in [-0.39, 0.29) is 23.3 Å². The highest BCUT2D eigenvalue weighted by Gasteiger charge is 2.15. The van der Waals surface area contributed by atoms with Gasteiger partial charge in [-0.25, -0.2) is 13.1 Å². The Morgan fingerprint density at radius 2 is 1.86 bits per heavy atom. The number of nitrogens with one attached hydrogen (secondary N) is 1. The topological polar surface area (TPSA) is 75.7 Å². The minimum Gasteiger partial charge on any atom is -0.469 e. The molecule has 0 aliphatic heterocycles. The van der Waals surface area contributed by atoms with Crippen LogP contribution in [0.15, 0.2) is 29.2 Å². The second kappa shape index (κ2) is 7.42. The van der Waals surface area contributed by atoms with Gasteiger partial charge in [0.05, 0.1) is 18.4 Å². The van der Waals surface area contributed by atoms with E-state index in [9.17, 15) is 13.2 Å². The molecule has 0 aliphatic rings. The van der Waals surface area contributed by atoms with Gasteiger partial charge in [-0.15, -0.1) is 0 Å². The van der Waals surface area contributed by atoms with Crippen molar-refractivity contribution in [3.05, 3.63) is 24.3 Å². The second-order valence-corrected chi connectivity index (χ2v) is 6.73. The lowest BCUT2D eigenvalue weighted by atomic mass is 10.3. The van der Waals surface area contributed by atoms with E-state index >= 15 is 0 Å². The van der Waals surface area contributed by atoms with Gasteiger partial charge in [0, 0.05) is 25.3 Å². The van der Waals surface area contributed by atoms with Crippen molar-refractivity contribution >= 4 is 21.7 Å². The predicted octanol–water partition coefficient (Wildman–Crippen LogP) is 1.37. The molecular weight excluding hydrogens is 292 g/mol. The fourth-order valence-electron chi connectivity index (χ4n) is 1.75. The molecule has 0 aromatic heterocycles. The summed E-state index contributed by atoms with van der Waals surface area (Å²) in [5, 5.41) is 0. The SMILES string of the molecule is COC(=O)CCN(C)c1ccc(S(=O)(=O)NC(C)C)cc1. The van der Waals surface area contributed by atoms with Gasteiger partial charge in [0.2, 0.25) is 10.0 Å². The summed E-state index contributed by atoms with van der Waals surface area (Å²) in [5.74, 6) is -0.276. The lowest BCUT2D eigenvalue weighted by Crippen LogP contribution is -2.30. The lowest BCUT2D eigenvalue weighted by Gasteiger charge is -2.19. The Bertz CT molecular complexity index is 567. The molecular formula is C14H22N2O4S. The van der Waals surface area contributed by atoms with Gasteiger partial charge < -0.3 is 9.64 Å². The number of carbonyl (C=O) groups excluding carboxylic acids is 1. The van der Waals surface area contributed by atoms with Crippen LogP contribution in [0.25, 0.3) is 0 Å². The number of hydrogen-bond donors (Lipinski definition) is 1. The highest BCUT2D eigenvalue weighted by atomic mass is 32.2. The van der Waals surface area contributed by atoms with E-state index in [0.717, 1.165) is 5.69 Å². The Hall–Kier alpha value is -1.60. The van der Waals surface area contributed by atoms with Crippen molar-refractivity contribution < 1.29 is 17.9 Å². The van der Waals surface area contributed by atoms with E-state index in [1.165, 1.54) is 7.11 Å². The molecule has 0 radical (unpaired) electrons.